The van der Waals surface area contributed by atoms with Crippen molar-refractivity contribution in [1.82, 2.24) is 9.78 Å². The van der Waals surface area contributed by atoms with Crippen LogP contribution in [0.5, 0.6) is 0 Å². The molecule has 0 fully saturated rings. The highest BCUT2D eigenvalue weighted by Crippen LogP contribution is 1.91. The second-order valence-electron chi connectivity index (χ2n) is 2.28. The van der Waals surface area contributed by atoms with Crippen LogP contribution in [0, 0.1) is 0 Å². The monoisotopic (exact) mass is 183 g/mol. The summed E-state index contributed by atoms with van der Waals surface area (Å²) in [7, 11) is 1.75. The maximum absolute atomic E-state index is 10.0. The van der Waals surface area contributed by atoms with Crippen LogP contribution in [0.1, 0.15) is 5.69 Å². The average molecular weight is 183 g/mol. The first-order chi connectivity index (χ1) is 6.20. The van der Waals surface area contributed by atoms with E-state index in [0.717, 1.165) is 5.69 Å². The van der Waals surface area contributed by atoms with Crippen LogP contribution in [0.25, 0.3) is 0 Å². The van der Waals surface area contributed by atoms with Crippen LogP contribution in [0.3, 0.4) is 0 Å². The van der Waals surface area contributed by atoms with Gasteiger partial charge in [-0.15, -0.1) is 0 Å². The zero-order valence-electron chi connectivity index (χ0n) is 7.04. The van der Waals surface area contributed by atoms with E-state index >= 15 is 0 Å². The van der Waals surface area contributed by atoms with Crippen molar-refractivity contribution < 1.29 is 14.7 Å². The Morgan fingerprint density at radius 2 is 2.69 bits per heavy atom. The number of rotatable bonds is 4. The third-order valence-corrected chi connectivity index (χ3v) is 1.31. The van der Waals surface area contributed by atoms with Crippen LogP contribution in [0.2, 0.25) is 0 Å². The van der Waals surface area contributed by atoms with Crippen molar-refractivity contribution in [2.75, 3.05) is 6.61 Å². The maximum Gasteiger partial charge on any atom is 0.344 e. The lowest BCUT2D eigenvalue weighted by atomic mass is 10.5. The van der Waals surface area contributed by atoms with Crippen LogP contribution in [-0.4, -0.2) is 33.7 Å². The molecule has 0 aliphatic carbocycles. The lowest BCUT2D eigenvalue weighted by Crippen LogP contribution is -2.04. The van der Waals surface area contributed by atoms with E-state index < -0.39 is 12.6 Å². The van der Waals surface area contributed by atoms with Gasteiger partial charge in [0.15, 0.2) is 0 Å². The normalized spacial score (nSPS) is 10.5. The number of hydrogen-bond acceptors (Lipinski definition) is 4. The Morgan fingerprint density at radius 3 is 3.23 bits per heavy atom. The molecule has 0 unspecified atom stereocenters. The first-order valence-electron chi connectivity index (χ1n) is 3.55. The SMILES string of the molecule is Cn1nccc1/C=N/OCC(=O)O. The summed E-state index contributed by atoms with van der Waals surface area (Å²) in [6, 6.07) is 1.73. The van der Waals surface area contributed by atoms with Crippen LogP contribution >= 0.6 is 0 Å². The molecule has 0 spiro atoms. The fourth-order valence-corrected chi connectivity index (χ4v) is 0.695. The molecule has 1 heterocycles. The maximum atomic E-state index is 10.0. The number of carbonyl (C=O) groups is 1. The second-order valence-corrected chi connectivity index (χ2v) is 2.28. The van der Waals surface area contributed by atoms with E-state index in [9.17, 15) is 4.79 Å². The summed E-state index contributed by atoms with van der Waals surface area (Å²) in [5.41, 5.74) is 0.741. The molecule has 1 aromatic heterocycles. The third kappa shape index (κ3) is 2.94. The minimum absolute atomic E-state index is 0.436. The van der Waals surface area contributed by atoms with E-state index in [1.165, 1.54) is 6.21 Å². The van der Waals surface area contributed by atoms with E-state index in [0.29, 0.717) is 0 Å². The molecule has 0 atom stereocenters. The van der Waals surface area contributed by atoms with Gasteiger partial charge in [0.2, 0.25) is 6.61 Å². The molecule has 1 aromatic rings. The van der Waals surface area contributed by atoms with Gasteiger partial charge in [0.1, 0.15) is 0 Å². The molecule has 0 aromatic carbocycles. The number of aryl methyl sites for hydroxylation is 1. The standard InChI is InChI=1S/C7H9N3O3/c1-10-6(2-3-8-10)4-9-13-5-7(11)12/h2-4H,5H2,1H3,(H,11,12)/b9-4+. The Kier molecular flexibility index (Phi) is 3.02. The fourth-order valence-electron chi connectivity index (χ4n) is 0.695. The van der Waals surface area contributed by atoms with Gasteiger partial charge < -0.3 is 9.94 Å². The van der Waals surface area contributed by atoms with Crippen LogP contribution < -0.4 is 0 Å². The minimum atomic E-state index is -1.05. The Morgan fingerprint density at radius 1 is 1.92 bits per heavy atom. The molecule has 0 saturated heterocycles. The molecule has 0 radical (unpaired) electrons. The predicted molar refractivity (Wildman–Crippen MR) is 44.4 cm³/mol. The van der Waals surface area contributed by atoms with Gasteiger partial charge in [-0.1, -0.05) is 5.16 Å². The van der Waals surface area contributed by atoms with Crippen molar-refractivity contribution in [2.24, 2.45) is 12.2 Å². The molecule has 70 valence electrons. The number of aromatic nitrogens is 2. The molecular weight excluding hydrogens is 174 g/mol. The Bertz CT molecular complexity index is 319. The molecule has 0 aliphatic heterocycles. The minimum Gasteiger partial charge on any atom is -0.479 e. The van der Waals surface area contributed by atoms with Crippen LogP contribution in [-0.2, 0) is 16.7 Å². The summed E-state index contributed by atoms with van der Waals surface area (Å²) in [6.07, 6.45) is 3.01. The largest absolute Gasteiger partial charge is 0.479 e. The van der Waals surface area contributed by atoms with Gasteiger partial charge in [-0.25, -0.2) is 4.79 Å². The summed E-state index contributed by atoms with van der Waals surface area (Å²) in [5, 5.41) is 15.5. The number of carboxylic acid groups (broad SMARTS) is 1. The van der Waals surface area contributed by atoms with Crippen LogP contribution in [0.15, 0.2) is 17.4 Å². The second kappa shape index (κ2) is 4.24. The molecule has 0 aliphatic rings. The highest BCUT2D eigenvalue weighted by atomic mass is 16.6. The molecule has 6 nitrogen and oxygen atoms in total. The van der Waals surface area contributed by atoms with E-state index in [1.807, 2.05) is 0 Å². The van der Waals surface area contributed by atoms with Crippen LogP contribution in [0.4, 0.5) is 0 Å². The Labute approximate surface area is 74.4 Å². The lowest BCUT2D eigenvalue weighted by Gasteiger charge is -1.93. The van der Waals surface area contributed by atoms with Crippen molar-refractivity contribution in [3.63, 3.8) is 0 Å². The smallest absolute Gasteiger partial charge is 0.344 e. The van der Waals surface area contributed by atoms with Gasteiger partial charge in [0.25, 0.3) is 0 Å². The molecule has 0 amide bonds. The number of oxime groups is 1. The molecule has 0 bridgehead atoms. The first kappa shape index (κ1) is 9.24. The van der Waals surface area contributed by atoms with E-state index in [-0.39, 0.29) is 0 Å². The fraction of sp³-hybridized carbons (Fsp3) is 0.286. The van der Waals surface area contributed by atoms with Gasteiger partial charge in [0, 0.05) is 13.2 Å². The predicted octanol–water partition coefficient (Wildman–Crippen LogP) is -0.145. The molecule has 13 heavy (non-hydrogen) atoms. The van der Waals surface area contributed by atoms with Gasteiger partial charge in [-0.05, 0) is 6.07 Å². The van der Waals surface area contributed by atoms with Crippen molar-refractivity contribution >= 4 is 12.2 Å². The summed E-state index contributed by atoms with van der Waals surface area (Å²) >= 11 is 0. The summed E-state index contributed by atoms with van der Waals surface area (Å²) in [6.45, 7) is -0.436. The molecule has 6 heteroatoms. The molecule has 1 rings (SSSR count). The quantitative estimate of drug-likeness (QED) is 0.520. The number of carboxylic acids is 1. The number of hydrogen-bond donors (Lipinski definition) is 1. The van der Waals surface area contributed by atoms with E-state index in [4.69, 9.17) is 5.11 Å². The van der Waals surface area contributed by atoms with Gasteiger partial charge in [-0.2, -0.15) is 5.10 Å². The van der Waals surface area contributed by atoms with Crippen molar-refractivity contribution in [1.29, 1.82) is 0 Å². The van der Waals surface area contributed by atoms with Crippen molar-refractivity contribution in [3.05, 3.63) is 18.0 Å². The average Bonchev–Trinajstić information content (AvgIpc) is 2.45. The zero-order valence-corrected chi connectivity index (χ0v) is 7.04. The Balaban J connectivity index is 2.41. The Hall–Kier alpha value is -1.85. The topological polar surface area (TPSA) is 76.7 Å². The zero-order chi connectivity index (χ0) is 9.68. The van der Waals surface area contributed by atoms with Gasteiger partial charge in [0.05, 0.1) is 11.9 Å². The highest BCUT2D eigenvalue weighted by Gasteiger charge is 1.95. The van der Waals surface area contributed by atoms with E-state index in [1.54, 1.807) is 24.0 Å². The van der Waals surface area contributed by atoms with Crippen molar-refractivity contribution in [2.45, 2.75) is 0 Å². The first-order valence-corrected chi connectivity index (χ1v) is 3.55. The lowest BCUT2D eigenvalue weighted by molar-refractivity contribution is -0.142. The summed E-state index contributed by atoms with van der Waals surface area (Å²) < 4.78 is 1.59. The van der Waals surface area contributed by atoms with E-state index in [2.05, 4.69) is 15.1 Å². The van der Waals surface area contributed by atoms with Gasteiger partial charge >= 0.3 is 5.97 Å². The summed E-state index contributed by atoms with van der Waals surface area (Å²) in [4.78, 5) is 14.5. The number of aliphatic carboxylic acids is 1. The molecule has 0 saturated carbocycles. The van der Waals surface area contributed by atoms with Gasteiger partial charge in [-0.3, -0.25) is 4.68 Å². The summed E-state index contributed by atoms with van der Waals surface area (Å²) in [5.74, 6) is -1.05. The molecular formula is C7H9N3O3. The third-order valence-electron chi connectivity index (χ3n) is 1.31. The van der Waals surface area contributed by atoms with Crippen molar-refractivity contribution in [3.8, 4) is 0 Å². The molecule has 1 N–H and O–H groups in total. The highest BCUT2D eigenvalue weighted by molar-refractivity contribution is 5.76. The number of nitrogens with zero attached hydrogens (tertiary/aromatic N) is 3.